The molecule has 1 rings (SSSR count). The van der Waals surface area contributed by atoms with Crippen LogP contribution in [0.15, 0.2) is 0 Å². The smallest absolute Gasteiger partial charge is 0.0915 e. The molecule has 2 unspecified atom stereocenters. The van der Waals surface area contributed by atoms with Crippen molar-refractivity contribution in [2.45, 2.75) is 39.2 Å². The van der Waals surface area contributed by atoms with E-state index in [2.05, 4.69) is 24.2 Å². The molecule has 4 nitrogen and oxygen atoms in total. The van der Waals surface area contributed by atoms with Crippen molar-refractivity contribution in [2.75, 3.05) is 40.0 Å². The highest BCUT2D eigenvalue weighted by atomic mass is 16.7. The molecule has 0 aromatic carbocycles. The van der Waals surface area contributed by atoms with Crippen molar-refractivity contribution >= 4 is 0 Å². The van der Waals surface area contributed by atoms with Gasteiger partial charge in [-0.05, 0) is 45.2 Å². The van der Waals surface area contributed by atoms with Crippen LogP contribution in [0.5, 0.6) is 0 Å². The van der Waals surface area contributed by atoms with Crippen molar-refractivity contribution in [3.8, 4) is 0 Å². The van der Waals surface area contributed by atoms with Gasteiger partial charge in [-0.3, -0.25) is 4.84 Å². The minimum atomic E-state index is 0.423. The largest absolute Gasteiger partial charge is 0.382 e. The van der Waals surface area contributed by atoms with Crippen LogP contribution in [0.4, 0.5) is 0 Å². The van der Waals surface area contributed by atoms with Crippen molar-refractivity contribution in [2.24, 2.45) is 5.92 Å². The molecule has 4 heteroatoms. The number of piperidine rings is 1. The maximum atomic E-state index is 5.39. The molecule has 0 spiro atoms. The molecule has 0 aromatic rings. The number of hydroxylamine groups is 1. The summed E-state index contributed by atoms with van der Waals surface area (Å²) in [6.07, 6.45) is 3.87. The number of nitrogens with zero attached hydrogens (tertiary/aromatic N) is 1. The molecule has 0 aromatic heterocycles. The van der Waals surface area contributed by atoms with E-state index >= 15 is 0 Å². The number of ether oxygens (including phenoxy) is 1. The van der Waals surface area contributed by atoms with Crippen molar-refractivity contribution in [1.29, 1.82) is 0 Å². The predicted molar refractivity (Wildman–Crippen MR) is 69.9 cm³/mol. The van der Waals surface area contributed by atoms with Gasteiger partial charge in [0.25, 0.3) is 0 Å². The van der Waals surface area contributed by atoms with E-state index in [0.29, 0.717) is 25.2 Å². The number of rotatable bonds is 8. The molecule has 102 valence electrons. The number of hydrogen-bond acceptors (Lipinski definition) is 4. The molecule has 0 amide bonds. The first-order valence-corrected chi connectivity index (χ1v) is 6.86. The molecule has 1 aliphatic rings. The molecule has 0 bridgehead atoms. The van der Waals surface area contributed by atoms with Crippen LogP contribution >= 0.6 is 0 Å². The van der Waals surface area contributed by atoms with E-state index in [9.17, 15) is 0 Å². The predicted octanol–water partition coefficient (Wildman–Crippen LogP) is 1.66. The number of likely N-dealkylation sites (tertiary alicyclic amines) is 1. The SMILES string of the molecule is CCCN1CCCC(C(C)NOCCOC)C1. The summed E-state index contributed by atoms with van der Waals surface area (Å²) in [5.74, 6) is 0.706. The highest BCUT2D eigenvalue weighted by Crippen LogP contribution is 2.19. The second-order valence-corrected chi connectivity index (χ2v) is 4.95. The Morgan fingerprint density at radius 2 is 2.24 bits per heavy atom. The van der Waals surface area contributed by atoms with Gasteiger partial charge < -0.3 is 9.64 Å². The molecule has 1 saturated heterocycles. The lowest BCUT2D eigenvalue weighted by Gasteiger charge is -2.35. The Kier molecular flexibility index (Phi) is 7.77. The van der Waals surface area contributed by atoms with E-state index in [0.717, 1.165) is 0 Å². The Morgan fingerprint density at radius 3 is 2.94 bits per heavy atom. The molecule has 1 aliphatic heterocycles. The Balaban J connectivity index is 2.18. The van der Waals surface area contributed by atoms with Gasteiger partial charge in [-0.1, -0.05) is 6.92 Å². The lowest BCUT2D eigenvalue weighted by molar-refractivity contribution is -0.0266. The fourth-order valence-electron chi connectivity index (χ4n) is 2.43. The van der Waals surface area contributed by atoms with Crippen LogP contribution in [0.1, 0.15) is 33.1 Å². The van der Waals surface area contributed by atoms with Gasteiger partial charge in [0.2, 0.25) is 0 Å². The summed E-state index contributed by atoms with van der Waals surface area (Å²) < 4.78 is 4.94. The molecule has 0 saturated carbocycles. The molecule has 1 N–H and O–H groups in total. The first-order chi connectivity index (χ1) is 8.27. The summed E-state index contributed by atoms with van der Waals surface area (Å²) in [4.78, 5) is 7.96. The lowest BCUT2D eigenvalue weighted by atomic mass is 9.92. The van der Waals surface area contributed by atoms with Gasteiger partial charge in [-0.15, -0.1) is 0 Å². The zero-order valence-electron chi connectivity index (χ0n) is 11.6. The van der Waals surface area contributed by atoms with Crippen LogP contribution in [-0.2, 0) is 9.57 Å². The van der Waals surface area contributed by atoms with E-state index in [4.69, 9.17) is 9.57 Å². The third-order valence-corrected chi connectivity index (χ3v) is 3.45. The Morgan fingerprint density at radius 1 is 1.41 bits per heavy atom. The Bertz CT molecular complexity index is 188. The third kappa shape index (κ3) is 5.82. The summed E-state index contributed by atoms with van der Waals surface area (Å²) in [6, 6.07) is 0.423. The molecular weight excluding hydrogens is 216 g/mol. The molecule has 1 heterocycles. The van der Waals surface area contributed by atoms with E-state index in [-0.39, 0.29) is 0 Å². The normalized spacial score (nSPS) is 23.8. The highest BCUT2D eigenvalue weighted by Gasteiger charge is 2.24. The van der Waals surface area contributed by atoms with Crippen LogP contribution in [0.25, 0.3) is 0 Å². The highest BCUT2D eigenvalue weighted by molar-refractivity contribution is 4.78. The molecule has 17 heavy (non-hydrogen) atoms. The van der Waals surface area contributed by atoms with Crippen LogP contribution in [-0.4, -0.2) is 50.9 Å². The molecule has 0 radical (unpaired) electrons. The van der Waals surface area contributed by atoms with E-state index in [1.54, 1.807) is 7.11 Å². The molecule has 1 fully saturated rings. The van der Waals surface area contributed by atoms with Crippen LogP contribution in [0.2, 0.25) is 0 Å². The number of methoxy groups -OCH3 is 1. The van der Waals surface area contributed by atoms with Gasteiger partial charge in [-0.25, -0.2) is 0 Å². The summed E-state index contributed by atoms with van der Waals surface area (Å²) in [6.45, 7) is 9.43. The van der Waals surface area contributed by atoms with Gasteiger partial charge in [0.05, 0.1) is 13.2 Å². The zero-order chi connectivity index (χ0) is 12.5. The zero-order valence-corrected chi connectivity index (χ0v) is 11.6. The summed E-state index contributed by atoms with van der Waals surface area (Å²) in [5.41, 5.74) is 3.14. The number of hydrogen-bond donors (Lipinski definition) is 1. The van der Waals surface area contributed by atoms with Crippen LogP contribution in [0.3, 0.4) is 0 Å². The van der Waals surface area contributed by atoms with Crippen molar-refractivity contribution in [1.82, 2.24) is 10.4 Å². The monoisotopic (exact) mass is 244 g/mol. The average Bonchev–Trinajstić information content (AvgIpc) is 2.35. The topological polar surface area (TPSA) is 33.7 Å². The van der Waals surface area contributed by atoms with Crippen LogP contribution < -0.4 is 5.48 Å². The third-order valence-electron chi connectivity index (χ3n) is 3.45. The second kappa shape index (κ2) is 8.86. The molecular formula is C13H28N2O2. The minimum Gasteiger partial charge on any atom is -0.382 e. The van der Waals surface area contributed by atoms with Gasteiger partial charge in [0, 0.05) is 19.7 Å². The fraction of sp³-hybridized carbons (Fsp3) is 1.00. The van der Waals surface area contributed by atoms with E-state index in [1.807, 2.05) is 0 Å². The average molecular weight is 244 g/mol. The minimum absolute atomic E-state index is 0.423. The van der Waals surface area contributed by atoms with Crippen molar-refractivity contribution in [3.05, 3.63) is 0 Å². The van der Waals surface area contributed by atoms with Gasteiger partial charge >= 0.3 is 0 Å². The van der Waals surface area contributed by atoms with Gasteiger partial charge in [0.15, 0.2) is 0 Å². The Labute approximate surface area is 106 Å². The van der Waals surface area contributed by atoms with E-state index < -0.39 is 0 Å². The molecule has 0 aliphatic carbocycles. The van der Waals surface area contributed by atoms with Gasteiger partial charge in [-0.2, -0.15) is 5.48 Å². The first kappa shape index (κ1) is 14.9. The molecule has 2 atom stereocenters. The maximum Gasteiger partial charge on any atom is 0.0915 e. The lowest BCUT2D eigenvalue weighted by Crippen LogP contribution is -2.44. The van der Waals surface area contributed by atoms with Crippen molar-refractivity contribution in [3.63, 3.8) is 0 Å². The summed E-state index contributed by atoms with van der Waals surface area (Å²) in [7, 11) is 1.69. The quantitative estimate of drug-likeness (QED) is 0.520. The number of nitrogens with one attached hydrogen (secondary N) is 1. The van der Waals surface area contributed by atoms with Gasteiger partial charge in [0.1, 0.15) is 0 Å². The summed E-state index contributed by atoms with van der Waals surface area (Å²) >= 11 is 0. The maximum absolute atomic E-state index is 5.39. The van der Waals surface area contributed by atoms with Crippen LogP contribution in [0, 0.1) is 5.92 Å². The standard InChI is InChI=1S/C13H28N2O2/c1-4-7-15-8-5-6-13(11-15)12(2)14-17-10-9-16-3/h12-14H,4-11H2,1-3H3. The summed E-state index contributed by atoms with van der Waals surface area (Å²) in [5, 5.41) is 0. The van der Waals surface area contributed by atoms with Crippen molar-refractivity contribution < 1.29 is 9.57 Å². The second-order valence-electron chi connectivity index (χ2n) is 4.95. The Hall–Kier alpha value is -0.160. The van der Waals surface area contributed by atoms with E-state index in [1.165, 1.54) is 38.9 Å². The fourth-order valence-corrected chi connectivity index (χ4v) is 2.43. The first-order valence-electron chi connectivity index (χ1n) is 6.86.